The molecule has 2 rings (SSSR count). The predicted octanol–water partition coefficient (Wildman–Crippen LogP) is 1.67. The first-order valence-electron chi connectivity index (χ1n) is 6.30. The van der Waals surface area contributed by atoms with Crippen molar-refractivity contribution >= 4 is 18.3 Å². The minimum atomic E-state index is 0. The number of nitrogens with one attached hydrogen (secondary N) is 1. The molecule has 4 heteroatoms. The van der Waals surface area contributed by atoms with Crippen molar-refractivity contribution in [3.05, 3.63) is 0 Å². The molecule has 1 atom stereocenters. The van der Waals surface area contributed by atoms with E-state index in [4.69, 9.17) is 0 Å². The summed E-state index contributed by atoms with van der Waals surface area (Å²) < 4.78 is 0. The fraction of sp³-hybridized carbons (Fsp3) is 0.917. The van der Waals surface area contributed by atoms with Crippen LogP contribution in [0.2, 0.25) is 0 Å². The predicted molar refractivity (Wildman–Crippen MR) is 67.8 cm³/mol. The number of carbonyl (C=O) groups is 1. The number of rotatable bonds is 4. The van der Waals surface area contributed by atoms with Gasteiger partial charge in [-0.2, -0.15) is 0 Å². The van der Waals surface area contributed by atoms with E-state index in [1.165, 1.54) is 12.8 Å². The van der Waals surface area contributed by atoms with Gasteiger partial charge in [-0.05, 0) is 45.1 Å². The lowest BCUT2D eigenvalue weighted by Crippen LogP contribution is -2.43. The summed E-state index contributed by atoms with van der Waals surface area (Å²) in [5.41, 5.74) is 0. The summed E-state index contributed by atoms with van der Waals surface area (Å²) in [7, 11) is 0. The molecule has 0 aromatic heterocycles. The summed E-state index contributed by atoms with van der Waals surface area (Å²) in [5.74, 6) is 1.44. The Morgan fingerprint density at radius 1 is 1.38 bits per heavy atom. The highest BCUT2D eigenvalue weighted by Crippen LogP contribution is 2.30. The monoisotopic (exact) mass is 246 g/mol. The quantitative estimate of drug-likeness (QED) is 0.819. The average Bonchev–Trinajstić information content (AvgIpc) is 3.10. The van der Waals surface area contributed by atoms with Gasteiger partial charge >= 0.3 is 0 Å². The highest BCUT2D eigenvalue weighted by molar-refractivity contribution is 5.85. The summed E-state index contributed by atoms with van der Waals surface area (Å²) in [6, 6.07) is 0. The van der Waals surface area contributed by atoms with Crippen LogP contribution in [-0.2, 0) is 4.79 Å². The number of nitrogens with zero attached hydrogens (tertiary/aromatic N) is 1. The van der Waals surface area contributed by atoms with Crippen LogP contribution in [0.4, 0.5) is 0 Å². The number of hydrogen-bond acceptors (Lipinski definition) is 2. The van der Waals surface area contributed by atoms with Gasteiger partial charge in [-0.1, -0.05) is 0 Å². The summed E-state index contributed by atoms with van der Waals surface area (Å²) in [6.45, 7) is 5.95. The van der Waals surface area contributed by atoms with Gasteiger partial charge in [0, 0.05) is 19.6 Å². The first-order valence-corrected chi connectivity index (χ1v) is 6.30. The molecule has 1 aliphatic heterocycles. The number of hydrogen-bond donors (Lipinski definition) is 1. The molecule has 1 heterocycles. The molecule has 0 bridgehead atoms. The van der Waals surface area contributed by atoms with E-state index in [0.717, 1.165) is 44.9 Å². The average molecular weight is 247 g/mol. The molecule has 1 saturated heterocycles. The summed E-state index contributed by atoms with van der Waals surface area (Å²) in [4.78, 5) is 14.2. The summed E-state index contributed by atoms with van der Waals surface area (Å²) in [6.07, 6.45) is 4.88. The van der Waals surface area contributed by atoms with Crippen molar-refractivity contribution in [3.63, 3.8) is 0 Å². The van der Waals surface area contributed by atoms with Crippen molar-refractivity contribution in [1.82, 2.24) is 10.2 Å². The van der Waals surface area contributed by atoms with Crippen LogP contribution in [0.3, 0.4) is 0 Å². The molecule has 2 aliphatic rings. The molecule has 1 aliphatic carbocycles. The minimum absolute atomic E-state index is 0. The normalized spacial score (nSPS) is 24.7. The summed E-state index contributed by atoms with van der Waals surface area (Å²) in [5, 5.41) is 3.32. The van der Waals surface area contributed by atoms with Crippen molar-refractivity contribution in [1.29, 1.82) is 0 Å². The maximum atomic E-state index is 12.2. The molecule has 3 nitrogen and oxygen atoms in total. The van der Waals surface area contributed by atoms with Gasteiger partial charge in [0.1, 0.15) is 0 Å². The van der Waals surface area contributed by atoms with Gasteiger partial charge in [0.2, 0.25) is 5.91 Å². The zero-order valence-electron chi connectivity index (χ0n) is 10.1. The lowest BCUT2D eigenvalue weighted by molar-refractivity contribution is -0.136. The maximum absolute atomic E-state index is 12.2. The molecule has 1 unspecified atom stereocenters. The zero-order chi connectivity index (χ0) is 10.7. The third-order valence-electron chi connectivity index (χ3n) is 3.52. The molecule has 1 N–H and O–H groups in total. The molecule has 94 valence electrons. The minimum Gasteiger partial charge on any atom is -0.342 e. The van der Waals surface area contributed by atoms with Crippen LogP contribution in [0.1, 0.15) is 32.6 Å². The number of halogens is 1. The number of carbonyl (C=O) groups excluding carboxylic acids is 1. The largest absolute Gasteiger partial charge is 0.342 e. The van der Waals surface area contributed by atoms with E-state index in [1.807, 2.05) is 0 Å². The second kappa shape index (κ2) is 6.45. The van der Waals surface area contributed by atoms with Crippen molar-refractivity contribution in [2.24, 2.45) is 11.8 Å². The number of piperidine rings is 1. The molecule has 1 amide bonds. The van der Waals surface area contributed by atoms with Crippen LogP contribution < -0.4 is 5.32 Å². The Morgan fingerprint density at radius 3 is 2.62 bits per heavy atom. The fourth-order valence-electron chi connectivity index (χ4n) is 2.31. The SMILES string of the molecule is CCN(CC1CC1)C(=O)C1CCCNC1.Cl. The topological polar surface area (TPSA) is 32.3 Å². The Kier molecular flexibility index (Phi) is 5.56. The standard InChI is InChI=1S/C12H22N2O.ClH/c1-2-14(9-10-5-6-10)12(15)11-4-3-7-13-8-11;/h10-11,13H,2-9H2,1H3;1H. The molecule has 1 saturated carbocycles. The van der Waals surface area contributed by atoms with E-state index >= 15 is 0 Å². The Hall–Kier alpha value is -0.280. The zero-order valence-corrected chi connectivity index (χ0v) is 10.9. The first kappa shape index (κ1) is 13.8. The van der Waals surface area contributed by atoms with E-state index in [0.29, 0.717) is 5.91 Å². The van der Waals surface area contributed by atoms with E-state index in [2.05, 4.69) is 17.1 Å². The highest BCUT2D eigenvalue weighted by Gasteiger charge is 2.29. The van der Waals surface area contributed by atoms with Gasteiger partial charge in [0.05, 0.1) is 5.92 Å². The third kappa shape index (κ3) is 3.63. The molecular formula is C12H23ClN2O. The lowest BCUT2D eigenvalue weighted by atomic mass is 9.98. The molecule has 0 spiro atoms. The molecule has 0 radical (unpaired) electrons. The molecule has 0 aromatic rings. The Balaban J connectivity index is 0.00000128. The van der Waals surface area contributed by atoms with Gasteiger partial charge in [0.25, 0.3) is 0 Å². The molecule has 16 heavy (non-hydrogen) atoms. The first-order chi connectivity index (χ1) is 7.31. The molecule has 0 aromatic carbocycles. The Labute approximate surface area is 104 Å². The van der Waals surface area contributed by atoms with Crippen LogP contribution >= 0.6 is 12.4 Å². The van der Waals surface area contributed by atoms with Gasteiger partial charge in [-0.25, -0.2) is 0 Å². The van der Waals surface area contributed by atoms with Crippen LogP contribution in [0.15, 0.2) is 0 Å². The van der Waals surface area contributed by atoms with E-state index in [-0.39, 0.29) is 18.3 Å². The van der Waals surface area contributed by atoms with E-state index in [1.54, 1.807) is 0 Å². The van der Waals surface area contributed by atoms with Crippen LogP contribution in [0.25, 0.3) is 0 Å². The smallest absolute Gasteiger partial charge is 0.226 e. The Morgan fingerprint density at radius 2 is 2.12 bits per heavy atom. The Bertz CT molecular complexity index is 225. The second-order valence-corrected chi connectivity index (χ2v) is 4.86. The summed E-state index contributed by atoms with van der Waals surface area (Å²) >= 11 is 0. The highest BCUT2D eigenvalue weighted by atomic mass is 35.5. The van der Waals surface area contributed by atoms with Gasteiger partial charge < -0.3 is 10.2 Å². The van der Waals surface area contributed by atoms with Crippen LogP contribution in [-0.4, -0.2) is 37.0 Å². The maximum Gasteiger partial charge on any atom is 0.226 e. The van der Waals surface area contributed by atoms with Gasteiger partial charge in [-0.15, -0.1) is 12.4 Å². The van der Waals surface area contributed by atoms with Gasteiger partial charge in [-0.3, -0.25) is 4.79 Å². The lowest BCUT2D eigenvalue weighted by Gasteiger charge is -2.29. The van der Waals surface area contributed by atoms with Crippen LogP contribution in [0, 0.1) is 11.8 Å². The van der Waals surface area contributed by atoms with E-state index in [9.17, 15) is 4.79 Å². The van der Waals surface area contributed by atoms with E-state index < -0.39 is 0 Å². The van der Waals surface area contributed by atoms with Gasteiger partial charge in [0.15, 0.2) is 0 Å². The van der Waals surface area contributed by atoms with Crippen molar-refractivity contribution < 1.29 is 4.79 Å². The molecular weight excluding hydrogens is 224 g/mol. The van der Waals surface area contributed by atoms with Crippen molar-refractivity contribution in [2.75, 3.05) is 26.2 Å². The molecule has 2 fully saturated rings. The third-order valence-corrected chi connectivity index (χ3v) is 3.52. The van der Waals surface area contributed by atoms with Crippen molar-refractivity contribution in [2.45, 2.75) is 32.6 Å². The van der Waals surface area contributed by atoms with Crippen LogP contribution in [0.5, 0.6) is 0 Å². The fourth-order valence-corrected chi connectivity index (χ4v) is 2.31. The number of amides is 1. The van der Waals surface area contributed by atoms with Crippen molar-refractivity contribution in [3.8, 4) is 0 Å². The second-order valence-electron chi connectivity index (χ2n) is 4.86.